The minimum Gasteiger partial charge on any atom is -0.423 e. The van der Waals surface area contributed by atoms with Crippen molar-refractivity contribution in [3.8, 4) is 5.75 Å². The molecule has 1 aliphatic rings. The number of nitro benzene ring substituents is 1. The van der Waals surface area contributed by atoms with E-state index in [0.29, 0.717) is 12.2 Å². The van der Waals surface area contributed by atoms with Crippen molar-refractivity contribution in [2.75, 3.05) is 18.0 Å². The van der Waals surface area contributed by atoms with E-state index in [1.54, 1.807) is 9.80 Å². The van der Waals surface area contributed by atoms with Gasteiger partial charge in [-0.3, -0.25) is 14.9 Å². The molecule has 0 saturated heterocycles. The molecular weight excluding hydrogens is 362 g/mol. The molecule has 0 fully saturated rings. The van der Waals surface area contributed by atoms with E-state index < -0.39 is 10.9 Å². The third-order valence-corrected chi connectivity index (χ3v) is 4.50. The van der Waals surface area contributed by atoms with E-state index in [2.05, 4.69) is 0 Å². The summed E-state index contributed by atoms with van der Waals surface area (Å²) in [6.07, 6.45) is 0. The van der Waals surface area contributed by atoms with Crippen LogP contribution in [0.5, 0.6) is 5.75 Å². The molecule has 0 aromatic heterocycles. The van der Waals surface area contributed by atoms with E-state index in [1.807, 2.05) is 44.2 Å². The number of ether oxygens (including phenoxy) is 1. The summed E-state index contributed by atoms with van der Waals surface area (Å²) < 4.78 is 5.13. The van der Waals surface area contributed by atoms with Gasteiger partial charge in [0.15, 0.2) is 5.75 Å². The van der Waals surface area contributed by atoms with Gasteiger partial charge in [0.05, 0.1) is 23.2 Å². The van der Waals surface area contributed by atoms with Gasteiger partial charge < -0.3 is 14.5 Å². The fourth-order valence-corrected chi connectivity index (χ4v) is 3.09. The summed E-state index contributed by atoms with van der Waals surface area (Å²) in [7, 11) is 0. The Balaban J connectivity index is 1.81. The van der Waals surface area contributed by atoms with Gasteiger partial charge in [-0.05, 0) is 25.5 Å². The van der Waals surface area contributed by atoms with Gasteiger partial charge in [0.25, 0.3) is 5.69 Å². The number of nitro groups is 1. The van der Waals surface area contributed by atoms with E-state index in [1.165, 1.54) is 18.2 Å². The molecule has 3 rings (SSSR count). The Bertz CT molecular complexity index is 898. The number of carbonyl (C=O) groups excluding carboxylic acids is 2. The Morgan fingerprint density at radius 1 is 1.25 bits per heavy atom. The molecule has 0 bridgehead atoms. The number of benzene rings is 2. The lowest BCUT2D eigenvalue weighted by Crippen LogP contribution is -2.46. The lowest BCUT2D eigenvalue weighted by molar-refractivity contribution is -0.384. The van der Waals surface area contributed by atoms with Crippen molar-refractivity contribution in [3.63, 3.8) is 0 Å². The van der Waals surface area contributed by atoms with Crippen LogP contribution >= 0.6 is 0 Å². The Hall–Kier alpha value is -3.42. The first-order valence-corrected chi connectivity index (χ1v) is 8.92. The Morgan fingerprint density at radius 3 is 2.61 bits per heavy atom. The molecule has 1 amide bonds. The number of non-ortho nitro benzene ring substituents is 1. The second kappa shape index (κ2) is 8.08. The van der Waals surface area contributed by atoms with Crippen LogP contribution in [-0.2, 0) is 16.1 Å². The van der Waals surface area contributed by atoms with Crippen molar-refractivity contribution < 1.29 is 19.2 Å². The first-order chi connectivity index (χ1) is 13.3. The molecule has 0 radical (unpaired) electrons. The van der Waals surface area contributed by atoms with Crippen LogP contribution in [0.2, 0.25) is 0 Å². The summed E-state index contributed by atoms with van der Waals surface area (Å²) in [6.45, 7) is 4.22. The maximum Gasteiger partial charge on any atom is 0.331 e. The minimum atomic E-state index is -0.557. The molecule has 0 spiro atoms. The third kappa shape index (κ3) is 4.28. The molecule has 0 N–H and O–H groups in total. The van der Waals surface area contributed by atoms with Crippen molar-refractivity contribution in [2.45, 2.75) is 26.4 Å². The van der Waals surface area contributed by atoms with Crippen LogP contribution in [0.3, 0.4) is 0 Å². The summed E-state index contributed by atoms with van der Waals surface area (Å²) in [5, 5.41) is 11.0. The number of rotatable bonds is 6. The smallest absolute Gasteiger partial charge is 0.331 e. The van der Waals surface area contributed by atoms with E-state index >= 15 is 0 Å². The summed E-state index contributed by atoms with van der Waals surface area (Å²) in [5.74, 6) is -0.602. The molecule has 0 atom stereocenters. The number of nitrogens with zero attached hydrogens (tertiary/aromatic N) is 3. The number of anilines is 1. The van der Waals surface area contributed by atoms with Crippen LogP contribution in [-0.4, -0.2) is 40.8 Å². The maximum absolute atomic E-state index is 13.0. The van der Waals surface area contributed by atoms with Gasteiger partial charge in [-0.1, -0.05) is 30.3 Å². The molecule has 0 saturated carbocycles. The summed E-state index contributed by atoms with van der Waals surface area (Å²) >= 11 is 0. The Kier molecular flexibility index (Phi) is 5.58. The highest BCUT2D eigenvalue weighted by molar-refractivity contribution is 5.89. The van der Waals surface area contributed by atoms with E-state index in [9.17, 15) is 19.7 Å². The van der Waals surface area contributed by atoms with E-state index in [4.69, 9.17) is 4.74 Å². The molecule has 8 nitrogen and oxygen atoms in total. The van der Waals surface area contributed by atoms with Crippen molar-refractivity contribution in [3.05, 3.63) is 64.2 Å². The number of esters is 1. The van der Waals surface area contributed by atoms with Gasteiger partial charge in [-0.25, -0.2) is 4.79 Å². The van der Waals surface area contributed by atoms with Crippen LogP contribution in [0.4, 0.5) is 11.4 Å². The SMILES string of the molecule is CC(C)N(Cc1ccccc1)C(=O)CN1CC(=O)Oc2cc([N+](=O)[O-])ccc21. The predicted molar refractivity (Wildman–Crippen MR) is 103 cm³/mol. The lowest BCUT2D eigenvalue weighted by atomic mass is 10.1. The zero-order valence-corrected chi connectivity index (χ0v) is 15.7. The molecule has 2 aromatic carbocycles. The number of fused-ring (bicyclic) bond motifs is 1. The molecule has 0 unspecified atom stereocenters. The number of amides is 1. The third-order valence-electron chi connectivity index (χ3n) is 4.50. The van der Waals surface area contributed by atoms with Crippen molar-refractivity contribution in [2.24, 2.45) is 0 Å². The lowest BCUT2D eigenvalue weighted by Gasteiger charge is -2.33. The molecule has 8 heteroatoms. The highest BCUT2D eigenvalue weighted by Crippen LogP contribution is 2.35. The zero-order valence-electron chi connectivity index (χ0n) is 15.7. The normalized spacial score (nSPS) is 13.1. The van der Waals surface area contributed by atoms with Gasteiger partial charge in [-0.15, -0.1) is 0 Å². The number of hydrogen-bond donors (Lipinski definition) is 0. The van der Waals surface area contributed by atoms with Gasteiger partial charge in [-0.2, -0.15) is 0 Å². The van der Waals surface area contributed by atoms with Crippen LogP contribution in [0.25, 0.3) is 0 Å². The van der Waals surface area contributed by atoms with Gasteiger partial charge in [0.2, 0.25) is 5.91 Å². The van der Waals surface area contributed by atoms with Crippen LogP contribution in [0.15, 0.2) is 48.5 Å². The fraction of sp³-hybridized carbons (Fsp3) is 0.300. The molecule has 146 valence electrons. The molecule has 0 aliphatic carbocycles. The predicted octanol–water partition coefficient (Wildman–Crippen LogP) is 2.76. The number of carbonyl (C=O) groups is 2. The van der Waals surface area contributed by atoms with E-state index in [-0.39, 0.29) is 36.5 Å². The highest BCUT2D eigenvalue weighted by atomic mass is 16.6. The summed E-state index contributed by atoms with van der Waals surface area (Å²) in [5.41, 5.74) is 1.33. The molecule has 1 aliphatic heterocycles. The van der Waals surface area contributed by atoms with Crippen LogP contribution in [0.1, 0.15) is 19.4 Å². The van der Waals surface area contributed by atoms with Crippen molar-refractivity contribution >= 4 is 23.3 Å². The first-order valence-electron chi connectivity index (χ1n) is 8.92. The van der Waals surface area contributed by atoms with Crippen LogP contribution < -0.4 is 9.64 Å². The topological polar surface area (TPSA) is 93.0 Å². The summed E-state index contributed by atoms with van der Waals surface area (Å²) in [4.78, 5) is 38.6. The Labute approximate surface area is 162 Å². The average Bonchev–Trinajstić information content (AvgIpc) is 2.65. The fourth-order valence-electron chi connectivity index (χ4n) is 3.09. The molecular formula is C20H21N3O5. The summed E-state index contributed by atoms with van der Waals surface area (Å²) in [6, 6.07) is 13.7. The minimum absolute atomic E-state index is 0.0229. The van der Waals surface area contributed by atoms with Gasteiger partial charge in [0.1, 0.15) is 6.54 Å². The average molecular weight is 383 g/mol. The monoisotopic (exact) mass is 383 g/mol. The number of hydrogen-bond acceptors (Lipinski definition) is 6. The van der Waals surface area contributed by atoms with Crippen molar-refractivity contribution in [1.82, 2.24) is 4.90 Å². The zero-order chi connectivity index (χ0) is 20.3. The second-order valence-corrected chi connectivity index (χ2v) is 6.84. The highest BCUT2D eigenvalue weighted by Gasteiger charge is 2.29. The van der Waals surface area contributed by atoms with Crippen molar-refractivity contribution in [1.29, 1.82) is 0 Å². The van der Waals surface area contributed by atoms with E-state index in [0.717, 1.165) is 5.56 Å². The largest absolute Gasteiger partial charge is 0.423 e. The van der Waals surface area contributed by atoms with Gasteiger partial charge >= 0.3 is 5.97 Å². The second-order valence-electron chi connectivity index (χ2n) is 6.84. The maximum atomic E-state index is 13.0. The standard InChI is InChI=1S/C20H21N3O5/c1-14(2)22(11-15-6-4-3-5-7-15)19(24)12-21-13-20(25)28-18-10-16(23(26)27)8-9-17(18)21/h3-10,14H,11-13H2,1-2H3. The Morgan fingerprint density at radius 2 is 1.96 bits per heavy atom. The molecule has 2 aromatic rings. The first kappa shape index (κ1) is 19.3. The molecule has 28 heavy (non-hydrogen) atoms. The van der Waals surface area contributed by atoms with Gasteiger partial charge in [0, 0.05) is 18.7 Å². The molecule has 1 heterocycles. The van der Waals surface area contributed by atoms with Crippen LogP contribution in [0, 0.1) is 10.1 Å². The quantitative estimate of drug-likeness (QED) is 0.330.